The van der Waals surface area contributed by atoms with E-state index in [0.29, 0.717) is 16.5 Å². The van der Waals surface area contributed by atoms with Crippen LogP contribution in [0.2, 0.25) is 5.02 Å². The number of hydrazine groups is 1. The Morgan fingerprint density at radius 1 is 1.07 bits per heavy atom. The zero-order valence-corrected chi connectivity index (χ0v) is 15.9. The third-order valence-corrected chi connectivity index (χ3v) is 4.27. The average molecular weight is 399 g/mol. The number of rotatable bonds is 6. The number of aryl methyl sites for hydroxylation is 1. The third kappa shape index (κ3) is 4.69. The van der Waals surface area contributed by atoms with Gasteiger partial charge >= 0.3 is 0 Å². The van der Waals surface area contributed by atoms with Crippen molar-refractivity contribution >= 4 is 23.4 Å². The molecular weight excluding hydrogens is 380 g/mol. The van der Waals surface area contributed by atoms with Gasteiger partial charge in [0.2, 0.25) is 0 Å². The maximum atomic E-state index is 12.2. The van der Waals surface area contributed by atoms with E-state index in [1.807, 2.05) is 31.2 Å². The maximum Gasteiger partial charge on any atom is 0.290 e. The highest BCUT2D eigenvalue weighted by Gasteiger charge is 2.13. The Balaban J connectivity index is 1.53. The number of nitrogens with zero attached hydrogens (tertiary/aromatic N) is 2. The van der Waals surface area contributed by atoms with Crippen LogP contribution in [0.5, 0.6) is 5.75 Å². The molecule has 0 aliphatic carbocycles. The quantitative estimate of drug-likeness (QED) is 0.625. The molecule has 1 aromatic heterocycles. The van der Waals surface area contributed by atoms with E-state index in [0.717, 1.165) is 12.0 Å². The van der Waals surface area contributed by atoms with Gasteiger partial charge in [-0.25, -0.2) is 4.68 Å². The summed E-state index contributed by atoms with van der Waals surface area (Å²) in [5, 5.41) is 4.68. The summed E-state index contributed by atoms with van der Waals surface area (Å²) in [7, 11) is 0. The van der Waals surface area contributed by atoms with Gasteiger partial charge in [-0.05, 0) is 36.2 Å². The molecule has 0 spiro atoms. The van der Waals surface area contributed by atoms with Crippen molar-refractivity contribution in [1.82, 2.24) is 20.6 Å². The summed E-state index contributed by atoms with van der Waals surface area (Å²) in [5.41, 5.74) is 6.41. The van der Waals surface area contributed by atoms with Gasteiger partial charge in [0.25, 0.3) is 11.8 Å². The largest absolute Gasteiger partial charge is 0.483 e. The fourth-order valence-electron chi connectivity index (χ4n) is 2.52. The second kappa shape index (κ2) is 9.05. The van der Waals surface area contributed by atoms with Crippen LogP contribution in [-0.2, 0) is 11.2 Å². The fraction of sp³-hybridized carbons (Fsp3) is 0.150. The first-order chi connectivity index (χ1) is 13.6. The van der Waals surface area contributed by atoms with E-state index in [9.17, 15) is 9.59 Å². The minimum Gasteiger partial charge on any atom is -0.483 e. The Labute approximate surface area is 167 Å². The molecule has 0 fully saturated rings. The minimum absolute atomic E-state index is 0.137. The molecule has 2 amide bonds. The minimum atomic E-state index is -0.548. The number of hydrogen-bond acceptors (Lipinski definition) is 4. The van der Waals surface area contributed by atoms with Gasteiger partial charge in [0.05, 0.1) is 10.7 Å². The van der Waals surface area contributed by atoms with Crippen molar-refractivity contribution < 1.29 is 14.3 Å². The Morgan fingerprint density at radius 2 is 1.82 bits per heavy atom. The summed E-state index contributed by atoms with van der Waals surface area (Å²) in [5.74, 6) is -0.386. The monoisotopic (exact) mass is 398 g/mol. The summed E-state index contributed by atoms with van der Waals surface area (Å²) < 4.78 is 7.00. The lowest BCUT2D eigenvalue weighted by Crippen LogP contribution is -2.44. The Hall–Kier alpha value is -3.32. The molecule has 0 saturated heterocycles. The standard InChI is InChI=1S/C20H19ClN4O3/c1-2-14-7-3-6-10-18(14)28-13-19(26)22-23-20(27)16-11-12-25(24-16)17-9-5-4-8-15(17)21/h3-12H,2,13H2,1H3,(H,22,26)(H,23,27). The van der Waals surface area contributed by atoms with E-state index in [1.54, 1.807) is 30.5 Å². The topological polar surface area (TPSA) is 85.3 Å². The molecule has 0 bridgehead atoms. The van der Waals surface area contributed by atoms with Crippen LogP contribution in [0, 0.1) is 0 Å². The highest BCUT2D eigenvalue weighted by Crippen LogP contribution is 2.19. The summed E-state index contributed by atoms with van der Waals surface area (Å²) in [4.78, 5) is 24.1. The van der Waals surface area contributed by atoms with E-state index in [4.69, 9.17) is 16.3 Å². The molecule has 0 aliphatic rings. The van der Waals surface area contributed by atoms with Crippen molar-refractivity contribution in [3.8, 4) is 11.4 Å². The van der Waals surface area contributed by atoms with Crippen molar-refractivity contribution in [2.75, 3.05) is 6.61 Å². The molecular formula is C20H19ClN4O3. The number of hydrogen-bond donors (Lipinski definition) is 2. The molecule has 0 saturated carbocycles. The molecule has 7 nitrogen and oxygen atoms in total. The van der Waals surface area contributed by atoms with Crippen molar-refractivity contribution in [3.63, 3.8) is 0 Å². The SMILES string of the molecule is CCc1ccccc1OCC(=O)NNC(=O)c1ccn(-c2ccccc2Cl)n1. The van der Waals surface area contributed by atoms with Crippen molar-refractivity contribution in [3.05, 3.63) is 77.1 Å². The van der Waals surface area contributed by atoms with E-state index < -0.39 is 11.8 Å². The summed E-state index contributed by atoms with van der Waals surface area (Å²) in [6, 6.07) is 16.1. The van der Waals surface area contributed by atoms with Gasteiger partial charge in [-0.1, -0.05) is 48.9 Å². The van der Waals surface area contributed by atoms with Crippen LogP contribution in [-0.4, -0.2) is 28.2 Å². The molecule has 0 radical (unpaired) electrons. The van der Waals surface area contributed by atoms with Crippen LogP contribution < -0.4 is 15.6 Å². The van der Waals surface area contributed by atoms with Crippen LogP contribution in [0.25, 0.3) is 5.69 Å². The lowest BCUT2D eigenvalue weighted by atomic mass is 10.1. The van der Waals surface area contributed by atoms with Crippen molar-refractivity contribution in [1.29, 1.82) is 0 Å². The first kappa shape index (κ1) is 19.4. The number of benzene rings is 2. The highest BCUT2D eigenvalue weighted by molar-refractivity contribution is 6.32. The summed E-state index contributed by atoms with van der Waals surface area (Å²) in [6.07, 6.45) is 2.41. The number of carbonyl (C=O) groups is 2. The smallest absolute Gasteiger partial charge is 0.290 e. The van der Waals surface area contributed by atoms with E-state index >= 15 is 0 Å². The van der Waals surface area contributed by atoms with Gasteiger partial charge in [-0.15, -0.1) is 0 Å². The van der Waals surface area contributed by atoms with Crippen LogP contribution in [0.3, 0.4) is 0 Å². The number of carbonyl (C=O) groups excluding carboxylic acids is 2. The molecule has 1 heterocycles. The molecule has 0 atom stereocenters. The lowest BCUT2D eigenvalue weighted by molar-refractivity contribution is -0.123. The van der Waals surface area contributed by atoms with Crippen molar-refractivity contribution in [2.24, 2.45) is 0 Å². The molecule has 0 unspecified atom stereocenters. The predicted octanol–water partition coefficient (Wildman–Crippen LogP) is 2.93. The third-order valence-electron chi connectivity index (χ3n) is 3.95. The number of halogens is 1. The van der Waals surface area contributed by atoms with Gasteiger partial charge in [-0.2, -0.15) is 5.10 Å². The fourth-order valence-corrected chi connectivity index (χ4v) is 2.75. The molecule has 3 rings (SSSR count). The van der Waals surface area contributed by atoms with Crippen LogP contribution in [0.15, 0.2) is 60.8 Å². The number of nitrogens with one attached hydrogen (secondary N) is 2. The van der Waals surface area contributed by atoms with Gasteiger partial charge in [0.1, 0.15) is 5.75 Å². The normalized spacial score (nSPS) is 10.4. The first-order valence-corrected chi connectivity index (χ1v) is 9.06. The second-order valence-corrected chi connectivity index (χ2v) is 6.26. The summed E-state index contributed by atoms with van der Waals surface area (Å²) in [6.45, 7) is 1.79. The first-order valence-electron chi connectivity index (χ1n) is 8.69. The number of ether oxygens (including phenoxy) is 1. The molecule has 8 heteroatoms. The number of para-hydroxylation sites is 2. The Bertz CT molecular complexity index is 987. The molecule has 144 valence electrons. The molecule has 2 N–H and O–H groups in total. The van der Waals surface area contributed by atoms with Gasteiger partial charge in [-0.3, -0.25) is 20.4 Å². The van der Waals surface area contributed by atoms with Crippen LogP contribution >= 0.6 is 11.6 Å². The molecule has 2 aromatic carbocycles. The molecule has 3 aromatic rings. The predicted molar refractivity (Wildman–Crippen MR) is 105 cm³/mol. The van der Waals surface area contributed by atoms with Crippen LogP contribution in [0.1, 0.15) is 23.0 Å². The zero-order chi connectivity index (χ0) is 19.9. The maximum absolute atomic E-state index is 12.2. The highest BCUT2D eigenvalue weighted by atomic mass is 35.5. The number of aromatic nitrogens is 2. The van der Waals surface area contributed by atoms with Gasteiger partial charge in [0.15, 0.2) is 12.3 Å². The van der Waals surface area contributed by atoms with Gasteiger partial charge in [0, 0.05) is 6.20 Å². The van der Waals surface area contributed by atoms with E-state index in [2.05, 4.69) is 16.0 Å². The number of amides is 2. The Morgan fingerprint density at radius 3 is 2.61 bits per heavy atom. The van der Waals surface area contributed by atoms with Gasteiger partial charge < -0.3 is 4.74 Å². The second-order valence-electron chi connectivity index (χ2n) is 5.85. The van der Waals surface area contributed by atoms with Crippen LogP contribution in [0.4, 0.5) is 0 Å². The summed E-state index contributed by atoms with van der Waals surface area (Å²) >= 11 is 6.12. The Kier molecular flexibility index (Phi) is 6.29. The lowest BCUT2D eigenvalue weighted by Gasteiger charge is -2.10. The zero-order valence-electron chi connectivity index (χ0n) is 15.2. The molecule has 0 aliphatic heterocycles. The van der Waals surface area contributed by atoms with E-state index in [-0.39, 0.29) is 12.3 Å². The molecule has 28 heavy (non-hydrogen) atoms. The average Bonchev–Trinajstić information content (AvgIpc) is 3.21. The van der Waals surface area contributed by atoms with Crippen molar-refractivity contribution in [2.45, 2.75) is 13.3 Å². The van der Waals surface area contributed by atoms with E-state index in [1.165, 1.54) is 10.7 Å².